The summed E-state index contributed by atoms with van der Waals surface area (Å²) in [5.41, 5.74) is 9.84. The standard InChI is InChI=1S/C22H20N4O3/c1-13-7-8-18(14(2)9-13)25-21(27)15-5-4-6-17(10-15)26-12-16(11-23)19(24)20(26)22(28)29-3/h4-10,12H,24H2,1-3H3,(H,25,27). The van der Waals surface area contributed by atoms with Crippen LogP contribution in [0, 0.1) is 25.2 Å². The van der Waals surface area contributed by atoms with E-state index in [1.807, 2.05) is 38.1 Å². The highest BCUT2D eigenvalue weighted by Crippen LogP contribution is 2.25. The number of nitrogens with zero attached hydrogens (tertiary/aromatic N) is 2. The van der Waals surface area contributed by atoms with Gasteiger partial charge in [0.15, 0.2) is 5.69 Å². The van der Waals surface area contributed by atoms with Crippen LogP contribution >= 0.6 is 0 Å². The zero-order valence-corrected chi connectivity index (χ0v) is 16.3. The second-order valence-electron chi connectivity index (χ2n) is 6.60. The number of anilines is 2. The normalized spacial score (nSPS) is 10.3. The van der Waals surface area contributed by atoms with Crippen molar-refractivity contribution >= 4 is 23.3 Å². The van der Waals surface area contributed by atoms with Crippen molar-refractivity contribution in [3.63, 3.8) is 0 Å². The molecule has 2 aromatic carbocycles. The molecule has 0 fully saturated rings. The van der Waals surface area contributed by atoms with Gasteiger partial charge in [0.1, 0.15) is 6.07 Å². The second-order valence-corrected chi connectivity index (χ2v) is 6.60. The number of hydrogen-bond acceptors (Lipinski definition) is 5. The van der Waals surface area contributed by atoms with Gasteiger partial charge < -0.3 is 20.4 Å². The van der Waals surface area contributed by atoms with Crippen molar-refractivity contribution in [1.82, 2.24) is 4.57 Å². The number of hydrogen-bond donors (Lipinski definition) is 2. The summed E-state index contributed by atoms with van der Waals surface area (Å²) in [6, 6.07) is 14.4. The van der Waals surface area contributed by atoms with Gasteiger partial charge in [-0.15, -0.1) is 0 Å². The van der Waals surface area contributed by atoms with Gasteiger partial charge in [0, 0.05) is 23.1 Å². The Balaban J connectivity index is 1.99. The molecule has 0 bridgehead atoms. The van der Waals surface area contributed by atoms with E-state index in [0.717, 1.165) is 16.8 Å². The summed E-state index contributed by atoms with van der Waals surface area (Å²) in [6.07, 6.45) is 1.45. The van der Waals surface area contributed by atoms with Gasteiger partial charge >= 0.3 is 5.97 Å². The quantitative estimate of drug-likeness (QED) is 0.664. The van der Waals surface area contributed by atoms with Crippen LogP contribution in [0.2, 0.25) is 0 Å². The van der Waals surface area contributed by atoms with Crippen LogP contribution in [0.1, 0.15) is 37.5 Å². The molecule has 0 unspecified atom stereocenters. The van der Waals surface area contributed by atoms with Crippen LogP contribution < -0.4 is 11.1 Å². The maximum atomic E-state index is 12.7. The van der Waals surface area contributed by atoms with Crippen molar-refractivity contribution in [2.24, 2.45) is 0 Å². The zero-order chi connectivity index (χ0) is 21.1. The van der Waals surface area contributed by atoms with Gasteiger partial charge in [-0.3, -0.25) is 4.79 Å². The highest BCUT2D eigenvalue weighted by molar-refractivity contribution is 6.05. The molecule has 0 aliphatic rings. The van der Waals surface area contributed by atoms with E-state index in [1.165, 1.54) is 17.9 Å². The highest BCUT2D eigenvalue weighted by atomic mass is 16.5. The van der Waals surface area contributed by atoms with E-state index in [0.29, 0.717) is 11.3 Å². The molecule has 0 aliphatic carbocycles. The number of carbonyl (C=O) groups excluding carboxylic acids is 2. The Labute approximate surface area is 168 Å². The van der Waals surface area contributed by atoms with E-state index < -0.39 is 5.97 Å². The summed E-state index contributed by atoms with van der Waals surface area (Å²) in [5, 5.41) is 12.1. The number of nitrogen functional groups attached to an aromatic ring is 1. The van der Waals surface area contributed by atoms with Crippen molar-refractivity contribution in [1.29, 1.82) is 5.26 Å². The number of nitrogens with one attached hydrogen (secondary N) is 1. The molecule has 0 saturated carbocycles. The molecule has 146 valence electrons. The maximum absolute atomic E-state index is 12.7. The van der Waals surface area contributed by atoms with Crippen LogP contribution in [-0.4, -0.2) is 23.6 Å². The minimum atomic E-state index is -0.672. The number of aryl methyl sites for hydroxylation is 2. The minimum absolute atomic E-state index is 0.0319. The minimum Gasteiger partial charge on any atom is -0.464 e. The Morgan fingerprint density at radius 2 is 1.93 bits per heavy atom. The van der Waals surface area contributed by atoms with Gasteiger partial charge in [-0.1, -0.05) is 23.8 Å². The zero-order valence-electron chi connectivity index (χ0n) is 16.3. The molecule has 29 heavy (non-hydrogen) atoms. The number of amides is 1. The monoisotopic (exact) mass is 388 g/mol. The van der Waals surface area contributed by atoms with Gasteiger partial charge in [-0.05, 0) is 43.7 Å². The average molecular weight is 388 g/mol. The molecule has 1 aromatic heterocycles. The van der Waals surface area contributed by atoms with E-state index in [2.05, 4.69) is 5.32 Å². The van der Waals surface area contributed by atoms with Crippen molar-refractivity contribution in [3.05, 3.63) is 76.6 Å². The lowest BCUT2D eigenvalue weighted by Crippen LogP contribution is -2.14. The summed E-state index contributed by atoms with van der Waals surface area (Å²) in [5.74, 6) is -0.965. The number of ether oxygens (including phenoxy) is 1. The first kappa shape index (κ1) is 19.7. The lowest BCUT2D eigenvalue weighted by atomic mass is 10.1. The number of nitriles is 1. The van der Waals surface area contributed by atoms with Crippen LogP contribution in [0.3, 0.4) is 0 Å². The van der Waals surface area contributed by atoms with Crippen LogP contribution in [-0.2, 0) is 4.74 Å². The molecule has 0 radical (unpaired) electrons. The molecule has 1 heterocycles. The molecule has 3 aromatic rings. The fraction of sp³-hybridized carbons (Fsp3) is 0.136. The van der Waals surface area contributed by atoms with Crippen molar-refractivity contribution < 1.29 is 14.3 Å². The fourth-order valence-corrected chi connectivity index (χ4v) is 3.06. The topological polar surface area (TPSA) is 110 Å². The third-order valence-corrected chi connectivity index (χ3v) is 4.56. The molecule has 0 atom stereocenters. The predicted octanol–water partition coefficient (Wildman–Crippen LogP) is 3.59. The highest BCUT2D eigenvalue weighted by Gasteiger charge is 2.22. The van der Waals surface area contributed by atoms with E-state index in [1.54, 1.807) is 24.3 Å². The van der Waals surface area contributed by atoms with E-state index >= 15 is 0 Å². The van der Waals surface area contributed by atoms with Crippen LogP contribution in [0.15, 0.2) is 48.7 Å². The van der Waals surface area contributed by atoms with Gasteiger partial charge in [-0.2, -0.15) is 5.26 Å². The smallest absolute Gasteiger partial charge is 0.357 e. The van der Waals surface area contributed by atoms with Crippen LogP contribution in [0.5, 0.6) is 0 Å². The van der Waals surface area contributed by atoms with Gasteiger partial charge in [0.25, 0.3) is 5.91 Å². The molecular formula is C22H20N4O3. The van der Waals surface area contributed by atoms with E-state index in [9.17, 15) is 14.9 Å². The predicted molar refractivity (Wildman–Crippen MR) is 110 cm³/mol. The molecule has 0 spiro atoms. The third kappa shape index (κ3) is 3.82. The molecule has 3 N–H and O–H groups in total. The lowest BCUT2D eigenvalue weighted by Gasteiger charge is -2.12. The molecular weight excluding hydrogens is 368 g/mol. The Morgan fingerprint density at radius 3 is 2.59 bits per heavy atom. The van der Waals surface area contributed by atoms with Gasteiger partial charge in [0.2, 0.25) is 0 Å². The molecule has 1 amide bonds. The number of nitrogens with two attached hydrogens (primary N) is 1. The second kappa shape index (κ2) is 7.90. The Kier molecular flexibility index (Phi) is 5.37. The largest absolute Gasteiger partial charge is 0.464 e. The molecule has 7 nitrogen and oxygen atoms in total. The van der Waals surface area contributed by atoms with Crippen LogP contribution in [0.25, 0.3) is 5.69 Å². The fourth-order valence-electron chi connectivity index (χ4n) is 3.06. The number of esters is 1. The van der Waals surface area contributed by atoms with E-state index in [-0.39, 0.29) is 22.9 Å². The van der Waals surface area contributed by atoms with Crippen LogP contribution in [0.4, 0.5) is 11.4 Å². The number of carbonyl (C=O) groups is 2. The summed E-state index contributed by atoms with van der Waals surface area (Å²) in [6.45, 7) is 3.91. The third-order valence-electron chi connectivity index (χ3n) is 4.56. The number of benzene rings is 2. The number of rotatable bonds is 4. The van der Waals surface area contributed by atoms with Gasteiger partial charge in [0.05, 0.1) is 18.4 Å². The summed E-state index contributed by atoms with van der Waals surface area (Å²) < 4.78 is 6.24. The van der Waals surface area contributed by atoms with Gasteiger partial charge in [-0.25, -0.2) is 4.79 Å². The van der Waals surface area contributed by atoms with Crippen molar-refractivity contribution in [2.75, 3.05) is 18.2 Å². The Morgan fingerprint density at radius 1 is 1.17 bits per heavy atom. The first-order valence-corrected chi connectivity index (χ1v) is 8.84. The lowest BCUT2D eigenvalue weighted by molar-refractivity contribution is 0.0593. The summed E-state index contributed by atoms with van der Waals surface area (Å²) in [7, 11) is 1.24. The first-order valence-electron chi connectivity index (χ1n) is 8.84. The SMILES string of the molecule is COC(=O)c1c(N)c(C#N)cn1-c1cccc(C(=O)Nc2ccc(C)cc2C)c1. The summed E-state index contributed by atoms with van der Waals surface area (Å²) >= 11 is 0. The Bertz CT molecular complexity index is 1160. The maximum Gasteiger partial charge on any atom is 0.357 e. The van der Waals surface area contributed by atoms with E-state index in [4.69, 9.17) is 10.5 Å². The van der Waals surface area contributed by atoms with Crippen molar-refractivity contribution in [3.8, 4) is 11.8 Å². The summed E-state index contributed by atoms with van der Waals surface area (Å²) in [4.78, 5) is 24.9. The average Bonchev–Trinajstić information content (AvgIpc) is 3.06. The molecule has 0 saturated heterocycles. The Hall–Kier alpha value is -4.05. The molecule has 3 rings (SSSR count). The first-order chi connectivity index (χ1) is 13.8. The number of aromatic nitrogens is 1. The molecule has 0 aliphatic heterocycles. The molecule has 7 heteroatoms. The van der Waals surface area contributed by atoms with Crippen molar-refractivity contribution in [2.45, 2.75) is 13.8 Å². The number of methoxy groups -OCH3 is 1.